The Balaban J connectivity index is 2.46. The number of nitrogens with one attached hydrogen (secondary N) is 1. The molecule has 7 heteroatoms. The van der Waals surface area contributed by atoms with Gasteiger partial charge in [-0.15, -0.1) is 0 Å². The van der Waals surface area contributed by atoms with Crippen molar-refractivity contribution in [3.05, 3.63) is 56.7 Å². The van der Waals surface area contributed by atoms with E-state index >= 15 is 0 Å². The van der Waals surface area contributed by atoms with Crippen molar-refractivity contribution in [3.63, 3.8) is 0 Å². The number of nitrogens with zero attached hydrogens (tertiary/aromatic N) is 2. The lowest BCUT2D eigenvalue weighted by Gasteiger charge is -2.18. The molecular weight excluding hydrogens is 332 g/mol. The minimum Gasteiger partial charge on any atom is -0.383 e. The number of amides is 1. The lowest BCUT2D eigenvalue weighted by atomic mass is 10.0. The average molecular weight is 358 g/mol. The van der Waals surface area contributed by atoms with Crippen molar-refractivity contribution in [2.24, 2.45) is 0 Å². The number of anilines is 2. The molecular formula is C19H26N4O3. The summed E-state index contributed by atoms with van der Waals surface area (Å²) in [6, 6.07) is 9.27. The van der Waals surface area contributed by atoms with Crippen LogP contribution in [0.25, 0.3) is 0 Å². The number of carbonyl (C=O) groups excluding carboxylic acids is 1. The van der Waals surface area contributed by atoms with Gasteiger partial charge >= 0.3 is 5.69 Å². The summed E-state index contributed by atoms with van der Waals surface area (Å²) >= 11 is 0. The molecule has 1 atom stereocenters. The van der Waals surface area contributed by atoms with Crippen molar-refractivity contribution in [1.29, 1.82) is 0 Å². The largest absolute Gasteiger partial charge is 0.383 e. The van der Waals surface area contributed by atoms with Crippen LogP contribution in [0.2, 0.25) is 0 Å². The maximum Gasteiger partial charge on any atom is 0.332 e. The van der Waals surface area contributed by atoms with Crippen LogP contribution in [0.1, 0.15) is 45.1 Å². The maximum absolute atomic E-state index is 12.7. The van der Waals surface area contributed by atoms with E-state index in [1.165, 1.54) is 4.57 Å². The Kier molecular flexibility index (Phi) is 6.38. The first-order chi connectivity index (χ1) is 12.4. The van der Waals surface area contributed by atoms with Gasteiger partial charge in [0, 0.05) is 13.1 Å². The molecule has 0 saturated carbocycles. The molecule has 3 N–H and O–H groups in total. The molecule has 2 rings (SSSR count). The lowest BCUT2D eigenvalue weighted by Crippen LogP contribution is -2.43. The predicted molar refractivity (Wildman–Crippen MR) is 103 cm³/mol. The first-order valence-corrected chi connectivity index (χ1v) is 8.91. The van der Waals surface area contributed by atoms with Gasteiger partial charge in [0.15, 0.2) is 0 Å². The summed E-state index contributed by atoms with van der Waals surface area (Å²) in [4.78, 5) is 37.9. The van der Waals surface area contributed by atoms with E-state index < -0.39 is 17.2 Å². The van der Waals surface area contributed by atoms with Crippen LogP contribution >= 0.6 is 0 Å². The monoisotopic (exact) mass is 358 g/mol. The summed E-state index contributed by atoms with van der Waals surface area (Å²) in [7, 11) is 0. The fraction of sp³-hybridized carbons (Fsp3) is 0.421. The van der Waals surface area contributed by atoms with Gasteiger partial charge in [0.1, 0.15) is 11.5 Å². The molecule has 0 radical (unpaired) electrons. The van der Waals surface area contributed by atoms with Crippen LogP contribution < -0.4 is 22.3 Å². The fourth-order valence-corrected chi connectivity index (χ4v) is 2.82. The van der Waals surface area contributed by atoms with Gasteiger partial charge in [0.2, 0.25) is 5.91 Å². The van der Waals surface area contributed by atoms with E-state index in [2.05, 4.69) is 5.32 Å². The van der Waals surface area contributed by atoms with Crippen molar-refractivity contribution < 1.29 is 4.79 Å². The van der Waals surface area contributed by atoms with Crippen molar-refractivity contribution >= 4 is 17.4 Å². The lowest BCUT2D eigenvalue weighted by molar-refractivity contribution is -0.117. The van der Waals surface area contributed by atoms with Crippen LogP contribution in [0, 0.1) is 0 Å². The highest BCUT2D eigenvalue weighted by Gasteiger charge is 2.21. The number of rotatable bonds is 7. The van der Waals surface area contributed by atoms with E-state index in [-0.39, 0.29) is 24.0 Å². The molecule has 1 amide bonds. The van der Waals surface area contributed by atoms with E-state index in [0.29, 0.717) is 19.4 Å². The van der Waals surface area contributed by atoms with Crippen LogP contribution in [0.3, 0.4) is 0 Å². The predicted octanol–water partition coefficient (Wildman–Crippen LogP) is 2.15. The zero-order chi connectivity index (χ0) is 19.3. The standard InChI is InChI=1S/C19H26N4O3/c1-4-11-22-16(20)15(18(25)23(12-5-2)19(22)26)21-17(24)13(3)14-9-7-6-8-10-14/h6-10,13H,4-5,11-12,20H2,1-3H3,(H,21,24)/t13-/m0/s1. The van der Waals surface area contributed by atoms with Gasteiger partial charge in [0.25, 0.3) is 5.56 Å². The second-order valence-electron chi connectivity index (χ2n) is 6.27. The van der Waals surface area contributed by atoms with Crippen LogP contribution in [-0.2, 0) is 17.9 Å². The molecule has 0 aliphatic carbocycles. The van der Waals surface area contributed by atoms with Crippen LogP contribution in [0.15, 0.2) is 39.9 Å². The summed E-state index contributed by atoms with van der Waals surface area (Å²) in [5.74, 6) is -0.797. The summed E-state index contributed by atoms with van der Waals surface area (Å²) < 4.78 is 2.48. The molecule has 26 heavy (non-hydrogen) atoms. The summed E-state index contributed by atoms with van der Waals surface area (Å²) in [5.41, 5.74) is 5.86. The smallest absolute Gasteiger partial charge is 0.332 e. The quantitative estimate of drug-likeness (QED) is 0.792. The molecule has 1 heterocycles. The zero-order valence-electron chi connectivity index (χ0n) is 15.5. The Morgan fingerprint density at radius 2 is 1.65 bits per heavy atom. The molecule has 0 aliphatic heterocycles. The number of aromatic nitrogens is 2. The molecule has 0 fully saturated rings. The van der Waals surface area contributed by atoms with Crippen molar-refractivity contribution in [1.82, 2.24) is 9.13 Å². The van der Waals surface area contributed by atoms with Crippen molar-refractivity contribution in [2.75, 3.05) is 11.1 Å². The van der Waals surface area contributed by atoms with E-state index in [1.54, 1.807) is 6.92 Å². The molecule has 0 bridgehead atoms. The minimum absolute atomic E-state index is 0.00261. The Bertz CT molecular complexity index is 884. The highest BCUT2D eigenvalue weighted by Crippen LogP contribution is 2.18. The van der Waals surface area contributed by atoms with E-state index in [1.807, 2.05) is 44.2 Å². The summed E-state index contributed by atoms with van der Waals surface area (Å²) in [6.07, 6.45) is 1.31. The number of benzene rings is 1. The van der Waals surface area contributed by atoms with Gasteiger partial charge in [-0.25, -0.2) is 4.79 Å². The first kappa shape index (κ1) is 19.5. The summed E-state index contributed by atoms with van der Waals surface area (Å²) in [5, 5.41) is 2.64. The molecule has 0 spiro atoms. The molecule has 1 aromatic heterocycles. The van der Waals surface area contributed by atoms with Crippen LogP contribution in [0.4, 0.5) is 11.5 Å². The third-order valence-corrected chi connectivity index (χ3v) is 4.30. The Hall–Kier alpha value is -2.83. The number of hydrogen-bond donors (Lipinski definition) is 2. The first-order valence-electron chi connectivity index (χ1n) is 8.91. The third-order valence-electron chi connectivity index (χ3n) is 4.30. The van der Waals surface area contributed by atoms with Gasteiger partial charge in [-0.3, -0.25) is 18.7 Å². The zero-order valence-corrected chi connectivity index (χ0v) is 15.5. The van der Waals surface area contributed by atoms with Gasteiger partial charge in [-0.1, -0.05) is 44.2 Å². The second kappa shape index (κ2) is 8.51. The van der Waals surface area contributed by atoms with Crippen LogP contribution in [-0.4, -0.2) is 15.0 Å². The second-order valence-corrected chi connectivity index (χ2v) is 6.27. The van der Waals surface area contributed by atoms with Gasteiger partial charge in [-0.2, -0.15) is 0 Å². The molecule has 7 nitrogen and oxygen atoms in total. The molecule has 1 aromatic carbocycles. The normalized spacial score (nSPS) is 12.0. The van der Waals surface area contributed by atoms with E-state index in [9.17, 15) is 14.4 Å². The number of nitrogen functional groups attached to an aromatic ring is 1. The van der Waals surface area contributed by atoms with Crippen LogP contribution in [0.5, 0.6) is 0 Å². The molecule has 140 valence electrons. The molecule has 0 aliphatic rings. The highest BCUT2D eigenvalue weighted by molar-refractivity contribution is 5.97. The van der Waals surface area contributed by atoms with Gasteiger partial charge in [0.05, 0.1) is 5.92 Å². The highest BCUT2D eigenvalue weighted by atomic mass is 16.2. The van der Waals surface area contributed by atoms with E-state index in [4.69, 9.17) is 5.73 Å². The number of carbonyl (C=O) groups is 1. The Labute approximate surface area is 152 Å². The van der Waals surface area contributed by atoms with E-state index in [0.717, 1.165) is 10.1 Å². The van der Waals surface area contributed by atoms with Gasteiger partial charge < -0.3 is 11.1 Å². The third kappa shape index (κ3) is 3.87. The van der Waals surface area contributed by atoms with Gasteiger partial charge in [-0.05, 0) is 25.3 Å². The average Bonchev–Trinajstić information content (AvgIpc) is 2.65. The fourth-order valence-electron chi connectivity index (χ4n) is 2.82. The molecule has 0 saturated heterocycles. The summed E-state index contributed by atoms with van der Waals surface area (Å²) in [6.45, 7) is 6.21. The minimum atomic E-state index is -0.560. The van der Waals surface area contributed by atoms with Crippen molar-refractivity contribution in [2.45, 2.75) is 52.6 Å². The number of hydrogen-bond acceptors (Lipinski definition) is 4. The topological polar surface area (TPSA) is 99.1 Å². The Morgan fingerprint density at radius 3 is 2.23 bits per heavy atom. The molecule has 2 aromatic rings. The SMILES string of the molecule is CCCn1c(N)c(NC(=O)[C@@H](C)c2ccccc2)c(=O)n(CCC)c1=O. The Morgan fingerprint density at radius 1 is 1.08 bits per heavy atom. The number of nitrogens with two attached hydrogens (primary N) is 1. The molecule has 0 unspecified atom stereocenters. The van der Waals surface area contributed by atoms with Crippen molar-refractivity contribution in [3.8, 4) is 0 Å². The maximum atomic E-state index is 12.7.